The number of sulfonamides is 1. The molecule has 40 heavy (non-hydrogen) atoms. The van der Waals surface area contributed by atoms with Crippen molar-refractivity contribution in [2.24, 2.45) is 4.99 Å². The molecule has 2 aromatic carbocycles. The largest absolute Gasteiger partial charge is 0.467 e. The number of fused-ring (bicyclic) bond motifs is 1. The SMILES string of the molecule is COC(=O)C1=C(C(=O)OC)[C@@H]2Nc3ccccc3[C@@]23C[C@@H](C(=O)OC)N(S(=O)(=O)c2ccc([N+](=O)[O-])cc2)C3=N1. The Morgan fingerprint density at radius 2 is 1.68 bits per heavy atom. The molecule has 3 heterocycles. The maximum atomic E-state index is 14.1. The number of nitro groups is 1. The summed E-state index contributed by atoms with van der Waals surface area (Å²) in [6.07, 6.45) is -0.214. The monoisotopic (exact) mass is 570 g/mol. The summed E-state index contributed by atoms with van der Waals surface area (Å²) in [5.41, 5.74) is -1.44. The van der Waals surface area contributed by atoms with Gasteiger partial charge in [-0.15, -0.1) is 0 Å². The average molecular weight is 571 g/mol. The van der Waals surface area contributed by atoms with Gasteiger partial charge in [0.05, 0.1) is 48.2 Å². The first-order valence-electron chi connectivity index (χ1n) is 11.8. The number of amidine groups is 1. The van der Waals surface area contributed by atoms with Crippen molar-refractivity contribution in [3.05, 3.63) is 75.5 Å². The second kappa shape index (κ2) is 9.44. The molecule has 1 spiro atoms. The summed E-state index contributed by atoms with van der Waals surface area (Å²) in [6.45, 7) is 0. The fourth-order valence-corrected chi connectivity index (χ4v) is 7.16. The van der Waals surface area contributed by atoms with Crippen LogP contribution in [0.1, 0.15) is 12.0 Å². The first-order chi connectivity index (χ1) is 19.0. The molecule has 1 fully saturated rings. The Hall–Kier alpha value is -4.79. The lowest BCUT2D eigenvalue weighted by atomic mass is 9.70. The van der Waals surface area contributed by atoms with E-state index in [4.69, 9.17) is 14.2 Å². The van der Waals surface area contributed by atoms with Gasteiger partial charge in [-0.25, -0.2) is 32.1 Å². The number of non-ortho nitro benzene ring substituents is 1. The topological polar surface area (TPSA) is 184 Å². The summed E-state index contributed by atoms with van der Waals surface area (Å²) >= 11 is 0. The molecule has 0 aromatic heterocycles. The maximum Gasteiger partial charge on any atom is 0.357 e. The van der Waals surface area contributed by atoms with Crippen LogP contribution in [-0.2, 0) is 44.0 Å². The van der Waals surface area contributed by atoms with Crippen LogP contribution >= 0.6 is 0 Å². The zero-order chi connectivity index (χ0) is 29.0. The molecule has 0 bridgehead atoms. The zero-order valence-corrected chi connectivity index (χ0v) is 22.1. The Kier molecular flexibility index (Phi) is 6.33. The summed E-state index contributed by atoms with van der Waals surface area (Å²) in [7, 11) is -1.36. The van der Waals surface area contributed by atoms with Crippen LogP contribution in [-0.4, -0.2) is 74.8 Å². The van der Waals surface area contributed by atoms with Crippen molar-refractivity contribution in [3.63, 3.8) is 0 Å². The Bertz CT molecular complexity index is 1630. The van der Waals surface area contributed by atoms with Gasteiger partial charge in [0.25, 0.3) is 15.7 Å². The molecule has 0 saturated carbocycles. The van der Waals surface area contributed by atoms with Crippen LogP contribution in [0.15, 0.2) is 69.7 Å². The second-order valence-corrected chi connectivity index (χ2v) is 10.9. The molecule has 0 radical (unpaired) electrons. The third kappa shape index (κ3) is 3.65. The van der Waals surface area contributed by atoms with E-state index in [9.17, 15) is 32.9 Å². The molecule has 3 aliphatic heterocycles. The lowest BCUT2D eigenvalue weighted by Crippen LogP contribution is -2.52. The van der Waals surface area contributed by atoms with Gasteiger partial charge in [-0.2, -0.15) is 0 Å². The van der Waals surface area contributed by atoms with E-state index in [1.165, 1.54) is 0 Å². The molecule has 0 unspecified atom stereocenters. The highest BCUT2D eigenvalue weighted by atomic mass is 32.2. The molecule has 15 heteroatoms. The van der Waals surface area contributed by atoms with Gasteiger partial charge in [0.2, 0.25) is 0 Å². The number of methoxy groups -OCH3 is 3. The minimum absolute atomic E-state index is 0.201. The Morgan fingerprint density at radius 3 is 2.27 bits per heavy atom. The quantitative estimate of drug-likeness (QED) is 0.228. The van der Waals surface area contributed by atoms with E-state index < -0.39 is 56.1 Å². The summed E-state index contributed by atoms with van der Waals surface area (Å²) in [6, 6.07) is 8.36. The highest BCUT2D eigenvalue weighted by molar-refractivity contribution is 7.89. The van der Waals surface area contributed by atoms with Gasteiger partial charge in [-0.1, -0.05) is 18.2 Å². The summed E-state index contributed by atoms with van der Waals surface area (Å²) in [4.78, 5) is 53.6. The molecule has 3 aliphatic rings. The van der Waals surface area contributed by atoms with Crippen LogP contribution in [0, 0.1) is 10.1 Å². The van der Waals surface area contributed by atoms with Gasteiger partial charge in [0.1, 0.15) is 11.9 Å². The van der Waals surface area contributed by atoms with Gasteiger partial charge in [-0.05, 0) is 30.2 Å². The molecular formula is C25H22N4O10S. The summed E-state index contributed by atoms with van der Waals surface area (Å²) in [5.74, 6) is -3.08. The highest BCUT2D eigenvalue weighted by Crippen LogP contribution is 2.56. The van der Waals surface area contributed by atoms with E-state index >= 15 is 0 Å². The number of aliphatic imine (C=N–C) groups is 1. The van der Waals surface area contributed by atoms with Crippen molar-refractivity contribution in [3.8, 4) is 0 Å². The number of nitrogens with zero attached hydrogens (tertiary/aromatic N) is 3. The van der Waals surface area contributed by atoms with Crippen LogP contribution < -0.4 is 5.32 Å². The van der Waals surface area contributed by atoms with Gasteiger partial charge >= 0.3 is 17.9 Å². The molecule has 0 amide bonds. The minimum atomic E-state index is -4.64. The van der Waals surface area contributed by atoms with Crippen LogP contribution in [0.5, 0.6) is 0 Å². The van der Waals surface area contributed by atoms with E-state index in [2.05, 4.69) is 10.3 Å². The number of benzene rings is 2. The Balaban J connectivity index is 1.83. The number of hydrogen-bond donors (Lipinski definition) is 1. The number of esters is 3. The second-order valence-electron chi connectivity index (χ2n) is 9.07. The number of anilines is 1. The molecule has 0 aliphatic carbocycles. The van der Waals surface area contributed by atoms with Crippen molar-refractivity contribution in [1.29, 1.82) is 0 Å². The van der Waals surface area contributed by atoms with Gasteiger partial charge in [0.15, 0.2) is 5.70 Å². The third-order valence-electron chi connectivity index (χ3n) is 7.23. The van der Waals surface area contributed by atoms with Gasteiger partial charge < -0.3 is 19.5 Å². The van der Waals surface area contributed by atoms with Gasteiger partial charge in [0, 0.05) is 17.8 Å². The minimum Gasteiger partial charge on any atom is -0.467 e. The standard InChI is InChI=1S/C25H22N4O10S/c1-37-21(30)17-12-25-15-6-4-5-7-16(15)26-20(25)18(22(31)38-2)19(23(32)39-3)27-24(25)28(17)40(35,36)14-10-8-13(9-11-14)29(33)34/h4-11,17,20,26H,12H2,1-3H3/t17-,20-,25-/m0/s1. The number of carbonyl (C=O) groups is 3. The summed E-state index contributed by atoms with van der Waals surface area (Å²) < 4.78 is 43.8. The molecule has 14 nitrogen and oxygen atoms in total. The normalized spacial score (nSPS) is 22.8. The van der Waals surface area contributed by atoms with E-state index in [-0.39, 0.29) is 28.4 Å². The Morgan fingerprint density at radius 1 is 1.02 bits per heavy atom. The fourth-order valence-electron chi connectivity index (χ4n) is 5.53. The first-order valence-corrected chi connectivity index (χ1v) is 13.2. The number of hydrogen-bond acceptors (Lipinski definition) is 12. The van der Waals surface area contributed by atoms with Crippen LogP contribution in [0.3, 0.4) is 0 Å². The molecule has 1 saturated heterocycles. The van der Waals surface area contributed by atoms with E-state index in [1.807, 2.05) is 0 Å². The maximum absolute atomic E-state index is 14.1. The van der Waals surface area contributed by atoms with Crippen molar-refractivity contribution in [2.45, 2.75) is 28.8 Å². The fraction of sp³-hybridized carbons (Fsp3) is 0.280. The number of para-hydroxylation sites is 1. The van der Waals surface area contributed by atoms with Crippen LogP contribution in [0.2, 0.25) is 0 Å². The lowest BCUT2D eigenvalue weighted by molar-refractivity contribution is -0.384. The van der Waals surface area contributed by atoms with Crippen molar-refractivity contribution >= 4 is 45.1 Å². The number of carbonyl (C=O) groups excluding carboxylic acids is 3. The van der Waals surface area contributed by atoms with Crippen LogP contribution in [0.4, 0.5) is 11.4 Å². The van der Waals surface area contributed by atoms with Crippen molar-refractivity contribution < 1.29 is 41.9 Å². The first kappa shape index (κ1) is 26.8. The summed E-state index contributed by atoms with van der Waals surface area (Å²) in [5, 5.41) is 14.3. The van der Waals surface area contributed by atoms with E-state index in [1.54, 1.807) is 24.3 Å². The number of nitrogens with one attached hydrogen (secondary N) is 1. The van der Waals surface area contributed by atoms with Crippen molar-refractivity contribution in [1.82, 2.24) is 4.31 Å². The smallest absolute Gasteiger partial charge is 0.357 e. The van der Waals surface area contributed by atoms with Crippen LogP contribution in [0.25, 0.3) is 0 Å². The Labute approximate surface area is 227 Å². The van der Waals surface area contributed by atoms with Crippen molar-refractivity contribution in [2.75, 3.05) is 26.6 Å². The lowest BCUT2D eigenvalue weighted by Gasteiger charge is -2.37. The molecular weight excluding hydrogens is 548 g/mol. The molecule has 3 atom stereocenters. The predicted molar refractivity (Wildman–Crippen MR) is 137 cm³/mol. The zero-order valence-electron chi connectivity index (χ0n) is 21.3. The molecule has 5 rings (SSSR count). The predicted octanol–water partition coefficient (Wildman–Crippen LogP) is 1.28. The number of ether oxygens (including phenoxy) is 3. The van der Waals surface area contributed by atoms with Gasteiger partial charge in [-0.3, -0.25) is 10.1 Å². The number of rotatable bonds is 6. The highest BCUT2D eigenvalue weighted by Gasteiger charge is 2.67. The number of nitro benzene ring substituents is 1. The van der Waals surface area contributed by atoms with E-state index in [0.717, 1.165) is 49.9 Å². The third-order valence-corrected chi connectivity index (χ3v) is 9.04. The molecule has 1 N–H and O–H groups in total. The molecule has 208 valence electrons. The van der Waals surface area contributed by atoms with E-state index in [0.29, 0.717) is 11.3 Å². The molecule has 2 aromatic rings. The average Bonchev–Trinajstić information content (AvgIpc) is 3.49.